The number of carboxylic acids is 2. The van der Waals surface area contributed by atoms with Crippen molar-refractivity contribution in [1.82, 2.24) is 9.80 Å². The first-order valence-corrected chi connectivity index (χ1v) is 8.65. The Morgan fingerprint density at radius 3 is 1.33 bits per heavy atom. The van der Waals surface area contributed by atoms with Crippen molar-refractivity contribution in [3.8, 4) is 0 Å². The largest absolute Gasteiger partial charge is 0.480 e. The molecule has 0 aromatic carbocycles. The number of hydrogen-bond donors (Lipinski definition) is 4. The topological polar surface area (TPSA) is 199 Å². The summed E-state index contributed by atoms with van der Waals surface area (Å²) in [4.78, 5) is 46.9. The standard InChI is InChI=1S/2C8H14N2O3.H2O/c2*1-5(9)7(11)10-4-2-3-6(10)8(12)13;/h2*5-6H,2-4,9H2,1H3,(H,12,13);1H2/t2*5-,6-;/m00./s1. The smallest absolute Gasteiger partial charge is 0.326 e. The normalized spacial score (nSPS) is 23.6. The predicted molar refractivity (Wildman–Crippen MR) is 95.7 cm³/mol. The average Bonchev–Trinajstić information content (AvgIpc) is 3.22. The van der Waals surface area contributed by atoms with Crippen LogP contribution in [0.2, 0.25) is 0 Å². The van der Waals surface area contributed by atoms with Crippen molar-refractivity contribution in [2.24, 2.45) is 11.5 Å². The fourth-order valence-corrected chi connectivity index (χ4v) is 3.10. The molecule has 11 heteroatoms. The van der Waals surface area contributed by atoms with E-state index in [9.17, 15) is 19.2 Å². The third-order valence-corrected chi connectivity index (χ3v) is 4.42. The molecule has 2 rings (SSSR count). The van der Waals surface area contributed by atoms with Gasteiger partial charge in [-0.05, 0) is 39.5 Å². The molecule has 0 radical (unpaired) electrons. The number of carboxylic acid groups (broad SMARTS) is 2. The minimum Gasteiger partial charge on any atom is -0.480 e. The van der Waals surface area contributed by atoms with Crippen molar-refractivity contribution >= 4 is 23.8 Å². The first-order valence-electron chi connectivity index (χ1n) is 8.65. The fraction of sp³-hybridized carbons (Fsp3) is 0.750. The van der Waals surface area contributed by atoms with Crippen molar-refractivity contribution in [2.45, 2.75) is 63.7 Å². The van der Waals surface area contributed by atoms with Crippen molar-refractivity contribution < 1.29 is 34.9 Å². The molecule has 8 N–H and O–H groups in total. The lowest BCUT2D eigenvalue weighted by Crippen LogP contribution is -2.47. The zero-order chi connectivity index (χ0) is 20.0. The summed E-state index contributed by atoms with van der Waals surface area (Å²) in [6.07, 6.45) is 2.56. The van der Waals surface area contributed by atoms with E-state index in [1.54, 1.807) is 13.8 Å². The second kappa shape index (κ2) is 10.8. The highest BCUT2D eigenvalue weighted by atomic mass is 16.4. The Morgan fingerprint density at radius 2 is 1.11 bits per heavy atom. The molecule has 0 unspecified atom stereocenters. The van der Waals surface area contributed by atoms with Gasteiger partial charge >= 0.3 is 11.9 Å². The molecule has 2 heterocycles. The van der Waals surface area contributed by atoms with Gasteiger partial charge in [0.2, 0.25) is 11.8 Å². The van der Waals surface area contributed by atoms with Gasteiger partial charge in [0.05, 0.1) is 12.1 Å². The maximum atomic E-state index is 11.4. The van der Waals surface area contributed by atoms with Crippen LogP contribution in [0.1, 0.15) is 39.5 Å². The Morgan fingerprint density at radius 1 is 0.815 bits per heavy atom. The Hall–Kier alpha value is -2.24. The summed E-state index contributed by atoms with van der Waals surface area (Å²) in [7, 11) is 0. The summed E-state index contributed by atoms with van der Waals surface area (Å²) < 4.78 is 0. The monoisotopic (exact) mass is 390 g/mol. The van der Waals surface area contributed by atoms with Gasteiger partial charge in [-0.15, -0.1) is 0 Å². The number of nitrogens with two attached hydrogens (primary N) is 2. The molecule has 0 aromatic rings. The molecule has 2 aliphatic rings. The minimum absolute atomic E-state index is 0. The highest BCUT2D eigenvalue weighted by Gasteiger charge is 2.35. The molecule has 0 saturated carbocycles. The molecular weight excluding hydrogens is 360 g/mol. The Bertz CT molecular complexity index is 505. The van der Waals surface area contributed by atoms with Crippen LogP contribution in [-0.2, 0) is 19.2 Å². The van der Waals surface area contributed by atoms with Gasteiger partial charge in [0.25, 0.3) is 0 Å². The van der Waals surface area contributed by atoms with E-state index in [0.717, 1.165) is 12.8 Å². The number of likely N-dealkylation sites (tertiary alicyclic amines) is 2. The summed E-state index contributed by atoms with van der Waals surface area (Å²) in [5, 5.41) is 17.6. The molecule has 0 spiro atoms. The molecule has 2 aliphatic heterocycles. The lowest BCUT2D eigenvalue weighted by molar-refractivity contribution is -0.148. The van der Waals surface area contributed by atoms with Crippen LogP contribution >= 0.6 is 0 Å². The zero-order valence-corrected chi connectivity index (χ0v) is 15.6. The molecule has 27 heavy (non-hydrogen) atoms. The van der Waals surface area contributed by atoms with E-state index in [2.05, 4.69) is 0 Å². The van der Waals surface area contributed by atoms with Gasteiger partial charge in [0.1, 0.15) is 12.1 Å². The number of rotatable bonds is 4. The van der Waals surface area contributed by atoms with Crippen LogP contribution in [0.4, 0.5) is 0 Å². The van der Waals surface area contributed by atoms with Crippen LogP contribution in [0.15, 0.2) is 0 Å². The van der Waals surface area contributed by atoms with Crippen LogP contribution < -0.4 is 11.5 Å². The van der Waals surface area contributed by atoms with Gasteiger partial charge in [-0.2, -0.15) is 0 Å². The second-order valence-electron chi connectivity index (χ2n) is 6.63. The van der Waals surface area contributed by atoms with Gasteiger partial charge in [-0.1, -0.05) is 0 Å². The molecule has 156 valence electrons. The first-order chi connectivity index (χ1) is 12.1. The van der Waals surface area contributed by atoms with Gasteiger partial charge in [0.15, 0.2) is 0 Å². The summed E-state index contributed by atoms with van der Waals surface area (Å²) in [5.41, 5.74) is 10.8. The van der Waals surface area contributed by atoms with E-state index in [0.29, 0.717) is 25.9 Å². The fourth-order valence-electron chi connectivity index (χ4n) is 3.10. The van der Waals surface area contributed by atoms with E-state index >= 15 is 0 Å². The molecular formula is C16H30N4O7. The summed E-state index contributed by atoms with van der Waals surface area (Å²) >= 11 is 0. The number of nitrogens with zero attached hydrogens (tertiary/aromatic N) is 2. The number of aliphatic carboxylic acids is 2. The van der Waals surface area contributed by atoms with Crippen molar-refractivity contribution in [3.05, 3.63) is 0 Å². The van der Waals surface area contributed by atoms with E-state index in [1.807, 2.05) is 0 Å². The second-order valence-corrected chi connectivity index (χ2v) is 6.63. The van der Waals surface area contributed by atoms with Crippen molar-refractivity contribution in [1.29, 1.82) is 0 Å². The number of carbonyl (C=O) groups excluding carboxylic acids is 2. The van der Waals surface area contributed by atoms with Crippen molar-refractivity contribution in [3.63, 3.8) is 0 Å². The van der Waals surface area contributed by atoms with E-state index in [1.165, 1.54) is 9.80 Å². The predicted octanol–water partition coefficient (Wildman–Crippen LogP) is -2.01. The summed E-state index contributed by atoms with van der Waals surface area (Å²) in [6, 6.07) is -2.56. The molecule has 0 aliphatic carbocycles. The number of carbonyl (C=O) groups is 4. The van der Waals surface area contributed by atoms with E-state index in [4.69, 9.17) is 21.7 Å². The summed E-state index contributed by atoms with van der Waals surface area (Å²) in [5.74, 6) is -2.42. The number of amides is 2. The summed E-state index contributed by atoms with van der Waals surface area (Å²) in [6.45, 7) is 4.16. The number of hydrogen-bond acceptors (Lipinski definition) is 6. The SMILES string of the molecule is C[C@H](N)C(=O)N1CCC[C@H]1C(=O)O.C[C@H](N)C(=O)N1CCC[C@H]1C(=O)O.O. The van der Waals surface area contributed by atoms with Crippen molar-refractivity contribution in [2.75, 3.05) is 13.1 Å². The van der Waals surface area contributed by atoms with E-state index < -0.39 is 36.1 Å². The Kier molecular flexibility index (Phi) is 9.90. The lowest BCUT2D eigenvalue weighted by Gasteiger charge is -2.22. The molecule has 2 fully saturated rings. The molecule has 2 saturated heterocycles. The van der Waals surface area contributed by atoms with Crippen LogP contribution in [0.5, 0.6) is 0 Å². The quantitative estimate of drug-likeness (QED) is 0.422. The van der Waals surface area contributed by atoms with Gasteiger partial charge < -0.3 is 37.0 Å². The maximum Gasteiger partial charge on any atom is 0.326 e. The molecule has 0 aromatic heterocycles. The van der Waals surface area contributed by atoms with E-state index in [-0.39, 0.29) is 17.3 Å². The Labute approximate surface area is 157 Å². The third-order valence-electron chi connectivity index (χ3n) is 4.42. The molecule has 0 bridgehead atoms. The Balaban J connectivity index is 0.000000483. The van der Waals surface area contributed by atoms with Crippen LogP contribution in [0.25, 0.3) is 0 Å². The average molecular weight is 390 g/mol. The minimum atomic E-state index is -0.938. The highest BCUT2D eigenvalue weighted by Crippen LogP contribution is 2.18. The third kappa shape index (κ3) is 6.45. The first kappa shape index (κ1) is 24.8. The lowest BCUT2D eigenvalue weighted by atomic mass is 10.2. The van der Waals surface area contributed by atoms with Gasteiger partial charge in [0, 0.05) is 13.1 Å². The zero-order valence-electron chi connectivity index (χ0n) is 15.6. The van der Waals surface area contributed by atoms with Crippen LogP contribution in [-0.4, -0.2) is 86.5 Å². The van der Waals surface area contributed by atoms with Gasteiger partial charge in [-0.25, -0.2) is 9.59 Å². The van der Waals surface area contributed by atoms with Crippen LogP contribution in [0, 0.1) is 0 Å². The molecule has 2 amide bonds. The van der Waals surface area contributed by atoms with Gasteiger partial charge in [-0.3, -0.25) is 9.59 Å². The molecule has 11 nitrogen and oxygen atoms in total. The maximum absolute atomic E-state index is 11.4. The molecule has 4 atom stereocenters. The van der Waals surface area contributed by atoms with Crippen LogP contribution in [0.3, 0.4) is 0 Å². The highest BCUT2D eigenvalue weighted by molar-refractivity contribution is 5.87.